The number of Topliss-reactive ketones (excluding diaryl/α,β-unsaturated/α-hetero) is 3. The summed E-state index contributed by atoms with van der Waals surface area (Å²) in [5, 5.41) is 73.5. The van der Waals surface area contributed by atoms with E-state index in [1.54, 1.807) is 0 Å². The van der Waals surface area contributed by atoms with Crippen LogP contribution in [-0.2, 0) is 28.6 Å². The van der Waals surface area contributed by atoms with Gasteiger partial charge in [0.25, 0.3) is 0 Å². The molecule has 12 nitrogen and oxygen atoms in total. The fourth-order valence-electron chi connectivity index (χ4n) is 17.1. The summed E-state index contributed by atoms with van der Waals surface area (Å²) in [5.74, 6) is -10.00. The molecule has 2 unspecified atom stereocenters. The number of ketones is 3. The minimum atomic E-state index is -2.43. The number of ether oxygens (including phenoxy) is 3. The Morgan fingerprint density at radius 2 is 1.15 bits per heavy atom. The predicted molar refractivity (Wildman–Crippen MR) is 185 cm³/mol. The van der Waals surface area contributed by atoms with E-state index in [4.69, 9.17) is 14.2 Å². The zero-order valence-electron chi connectivity index (χ0n) is 31.4. The van der Waals surface area contributed by atoms with Crippen molar-refractivity contribution >= 4 is 17.3 Å². The first-order chi connectivity index (χ1) is 25.1. The van der Waals surface area contributed by atoms with Gasteiger partial charge in [-0.15, -0.1) is 0 Å². The second kappa shape index (κ2) is 9.36. The van der Waals surface area contributed by atoms with Gasteiger partial charge in [-0.05, 0) is 90.8 Å². The van der Waals surface area contributed by atoms with E-state index in [2.05, 4.69) is 13.2 Å². The highest BCUT2D eigenvalue weighted by atomic mass is 16.7. The van der Waals surface area contributed by atoms with Gasteiger partial charge in [0, 0.05) is 23.7 Å². The van der Waals surface area contributed by atoms with Gasteiger partial charge in [-0.25, -0.2) is 0 Å². The van der Waals surface area contributed by atoms with Crippen molar-refractivity contribution in [1.82, 2.24) is 0 Å². The van der Waals surface area contributed by atoms with Crippen molar-refractivity contribution < 1.29 is 59.2 Å². The minimum Gasteiger partial charge on any atom is -0.483 e. The van der Waals surface area contributed by atoms with Crippen molar-refractivity contribution in [3.8, 4) is 0 Å². The summed E-state index contributed by atoms with van der Waals surface area (Å²) in [5.41, 5.74) is -8.24. The topological polar surface area (TPSA) is 200 Å². The van der Waals surface area contributed by atoms with Gasteiger partial charge in [-0.1, -0.05) is 40.9 Å². The lowest BCUT2D eigenvalue weighted by Gasteiger charge is -2.76. The molecular weight excluding hydrogens is 696 g/mol. The van der Waals surface area contributed by atoms with E-state index in [1.165, 1.54) is 0 Å². The third-order valence-electron chi connectivity index (χ3n) is 18.4. The molecule has 4 saturated heterocycles. The van der Waals surface area contributed by atoms with Crippen LogP contribution in [0.25, 0.3) is 0 Å². The van der Waals surface area contributed by atoms with E-state index >= 15 is 4.79 Å². The molecule has 0 radical (unpaired) electrons. The van der Waals surface area contributed by atoms with Crippen LogP contribution >= 0.6 is 0 Å². The van der Waals surface area contributed by atoms with E-state index in [0.717, 1.165) is 5.57 Å². The van der Waals surface area contributed by atoms with Crippen LogP contribution in [0.15, 0.2) is 35.6 Å². The predicted octanol–water partition coefficient (Wildman–Crippen LogP) is 1.64. The van der Waals surface area contributed by atoms with Crippen molar-refractivity contribution in [2.24, 2.45) is 68.0 Å². The van der Waals surface area contributed by atoms with Gasteiger partial charge in [-0.3, -0.25) is 14.4 Å². The summed E-state index contributed by atoms with van der Waals surface area (Å²) in [6.45, 7) is 15.7. The molecule has 54 heavy (non-hydrogen) atoms. The Morgan fingerprint density at radius 1 is 0.667 bits per heavy atom. The number of aliphatic hydroxyl groups excluding tert-OH is 4. The lowest BCUT2D eigenvalue weighted by molar-refractivity contribution is -0.447. The van der Waals surface area contributed by atoms with Crippen LogP contribution in [0.1, 0.15) is 79.1 Å². The molecule has 292 valence electrons. The standard InChI is InChI=1S/C42H52O12/c1-17-20-7-9-22-37-15-52-41(50,39(22,26(17)43)28(20)45)30(47)24(37)34(3,4)13-19-11-12-36(54-32(19)37)14-35(5,6)25-31(48)42(51)40-23(38(25,16-53-42)33(36)49)10-8-21(29(40)46)18(2)27(40)44/h20-25,28-31,45-48,50-51H,1-2,7-16H2,3-6H3/t20-,21-,22-,23-,24+,25+,28+,29+,30-,31-,36+,37-,38-,39-,40-,41?,42?/m0/s1. The Hall–Kier alpha value is -2.29. The average molecular weight is 749 g/mol. The summed E-state index contributed by atoms with van der Waals surface area (Å²) in [7, 11) is 0. The Bertz CT molecular complexity index is 1970. The highest BCUT2D eigenvalue weighted by Gasteiger charge is 2.91. The Labute approximate surface area is 313 Å². The van der Waals surface area contributed by atoms with Crippen molar-refractivity contribution in [2.75, 3.05) is 13.2 Å². The molecule has 17 atom stereocenters. The highest BCUT2D eigenvalue weighted by Crippen LogP contribution is 2.81. The number of hydrogen-bond donors (Lipinski definition) is 6. The van der Waals surface area contributed by atoms with E-state index in [1.807, 2.05) is 27.7 Å². The summed E-state index contributed by atoms with van der Waals surface area (Å²) >= 11 is 0. The molecule has 11 fully saturated rings. The average Bonchev–Trinajstić information content (AvgIpc) is 3.26. The Balaban J connectivity index is 1.10. The molecule has 13 aliphatic rings. The van der Waals surface area contributed by atoms with Crippen LogP contribution < -0.4 is 0 Å². The normalized spacial score (nSPS) is 59.5. The molecule has 5 heterocycles. The van der Waals surface area contributed by atoms with E-state index in [9.17, 15) is 40.2 Å². The number of rotatable bonds is 0. The molecule has 5 aliphatic heterocycles. The van der Waals surface area contributed by atoms with Crippen LogP contribution in [-0.4, -0.2) is 103 Å². The fourth-order valence-corrected chi connectivity index (χ4v) is 17.1. The number of allylic oxidation sites excluding steroid dienone is 1. The van der Waals surface area contributed by atoms with Crippen LogP contribution in [0.5, 0.6) is 0 Å². The monoisotopic (exact) mass is 748 g/mol. The first-order valence-corrected chi connectivity index (χ1v) is 20.0. The lowest BCUT2D eigenvalue weighted by atomic mass is 9.34. The van der Waals surface area contributed by atoms with Crippen molar-refractivity contribution in [1.29, 1.82) is 0 Å². The van der Waals surface area contributed by atoms with E-state index < -0.39 is 121 Å². The van der Waals surface area contributed by atoms with Crippen LogP contribution in [0.3, 0.4) is 0 Å². The van der Waals surface area contributed by atoms with Crippen molar-refractivity contribution in [2.45, 2.75) is 121 Å². The number of fused-ring (bicyclic) bond motifs is 4. The SMILES string of the molecule is C=C1C(=O)[C@]23[C@H](O)[C@H]1CC[C@H]2[C@@]12COC3(O)[C@@H](O)[C@@H]1C(C)(C)C[C@]1(CCC3=C(O1)[C@]14COC(O)([C@@H](O)[C@@H]1C(C)(C)C3)[C@]13C(=O)C(=C)[C@H](CC[C@@H]41)[C@H]3O)C2=O. The van der Waals surface area contributed by atoms with Gasteiger partial charge in [0.05, 0.1) is 36.3 Å². The molecule has 8 bridgehead atoms. The molecule has 5 spiro atoms. The quantitative estimate of drug-likeness (QED) is 0.196. The molecule has 12 heteroatoms. The first-order valence-electron chi connectivity index (χ1n) is 20.0. The van der Waals surface area contributed by atoms with Gasteiger partial charge in [-0.2, -0.15) is 0 Å². The summed E-state index contributed by atoms with van der Waals surface area (Å²) in [6, 6.07) is 0. The number of carbonyl (C=O) groups excluding carboxylic acids is 3. The third-order valence-corrected chi connectivity index (χ3v) is 18.4. The van der Waals surface area contributed by atoms with Gasteiger partial charge in [0.1, 0.15) is 28.8 Å². The molecule has 0 aromatic heterocycles. The number of carbonyl (C=O) groups is 3. The van der Waals surface area contributed by atoms with Crippen molar-refractivity contribution in [3.63, 3.8) is 0 Å². The summed E-state index contributed by atoms with van der Waals surface area (Å²) < 4.78 is 20.0. The number of hydrogen-bond acceptors (Lipinski definition) is 12. The maximum atomic E-state index is 16.0. The van der Waals surface area contributed by atoms with Gasteiger partial charge in [0.2, 0.25) is 11.6 Å². The zero-order chi connectivity index (χ0) is 38.5. The smallest absolute Gasteiger partial charge is 0.208 e. The first kappa shape index (κ1) is 34.9. The largest absolute Gasteiger partial charge is 0.483 e. The summed E-state index contributed by atoms with van der Waals surface area (Å²) in [4.78, 5) is 44.9. The molecule has 13 rings (SSSR count). The third kappa shape index (κ3) is 2.96. The minimum absolute atomic E-state index is 0.0940. The molecule has 0 aromatic rings. The van der Waals surface area contributed by atoms with Gasteiger partial charge >= 0.3 is 0 Å². The summed E-state index contributed by atoms with van der Waals surface area (Å²) in [6.07, 6.45) is -2.98. The highest BCUT2D eigenvalue weighted by molar-refractivity contribution is 6.07. The molecule has 7 saturated carbocycles. The Kier molecular flexibility index (Phi) is 6.05. The fraction of sp³-hybridized carbons (Fsp3) is 0.786. The molecular formula is C42H52O12. The van der Waals surface area contributed by atoms with E-state index in [-0.39, 0.29) is 43.0 Å². The van der Waals surface area contributed by atoms with Gasteiger partial charge in [0.15, 0.2) is 23.0 Å². The van der Waals surface area contributed by atoms with Crippen LogP contribution in [0.2, 0.25) is 0 Å². The zero-order valence-corrected chi connectivity index (χ0v) is 31.4. The van der Waals surface area contributed by atoms with Crippen LogP contribution in [0, 0.1) is 68.0 Å². The molecule has 8 aliphatic carbocycles. The van der Waals surface area contributed by atoms with E-state index in [0.29, 0.717) is 44.3 Å². The maximum absolute atomic E-state index is 16.0. The molecule has 0 aromatic carbocycles. The molecule has 0 amide bonds. The Morgan fingerprint density at radius 3 is 1.69 bits per heavy atom. The second-order valence-electron chi connectivity index (χ2n) is 20.9. The van der Waals surface area contributed by atoms with Crippen LogP contribution in [0.4, 0.5) is 0 Å². The lowest BCUT2D eigenvalue weighted by Crippen LogP contribution is -2.87. The second-order valence-corrected chi connectivity index (χ2v) is 20.9. The van der Waals surface area contributed by atoms with Crippen molar-refractivity contribution in [3.05, 3.63) is 35.6 Å². The van der Waals surface area contributed by atoms with Gasteiger partial charge < -0.3 is 44.8 Å². The molecule has 6 N–H and O–H groups in total. The maximum Gasteiger partial charge on any atom is 0.208 e. The number of aliphatic hydroxyl groups is 6.